The Labute approximate surface area is 124 Å². The van der Waals surface area contributed by atoms with E-state index < -0.39 is 39.4 Å². The highest BCUT2D eigenvalue weighted by atomic mass is 32.1. The molecule has 1 aromatic carbocycles. The highest BCUT2D eigenvalue weighted by Crippen LogP contribution is 2.35. The van der Waals surface area contributed by atoms with E-state index in [2.05, 4.69) is 10.3 Å². The van der Waals surface area contributed by atoms with E-state index >= 15 is 0 Å². The molecule has 2 rings (SSSR count). The number of nitrogens with two attached hydrogens (primary N) is 1. The predicted octanol–water partition coefficient (Wildman–Crippen LogP) is 2.95. The molecule has 1 heterocycles. The van der Waals surface area contributed by atoms with Crippen LogP contribution < -0.4 is 11.1 Å². The van der Waals surface area contributed by atoms with Crippen molar-refractivity contribution in [2.45, 2.75) is 12.7 Å². The molecule has 1 aromatic heterocycles. The second-order valence-electron chi connectivity index (χ2n) is 4.16. The molecule has 10 heteroatoms. The monoisotopic (exact) mass is 337 g/mol. The molecule has 0 radical (unpaired) electrons. The van der Waals surface area contributed by atoms with Gasteiger partial charge in [-0.25, -0.2) is 13.8 Å². The quantitative estimate of drug-likeness (QED) is 0.846. The Morgan fingerprint density at radius 1 is 1.27 bits per heavy atom. The molecule has 0 fully saturated rings. The van der Waals surface area contributed by atoms with E-state index in [1.165, 1.54) is 6.07 Å². The first-order chi connectivity index (χ1) is 10.2. The zero-order valence-corrected chi connectivity index (χ0v) is 11.5. The van der Waals surface area contributed by atoms with Crippen molar-refractivity contribution in [2.24, 2.45) is 0 Å². The summed E-state index contributed by atoms with van der Waals surface area (Å²) in [6.45, 7) is -0.273. The fraction of sp³-hybridized carbons (Fsp3) is 0.167. The Morgan fingerprint density at radius 3 is 2.55 bits per heavy atom. The predicted molar refractivity (Wildman–Crippen MR) is 69.1 cm³/mol. The lowest BCUT2D eigenvalue weighted by molar-refractivity contribution is -0.141. The van der Waals surface area contributed by atoms with Gasteiger partial charge in [0.05, 0.1) is 0 Å². The first kappa shape index (κ1) is 16.1. The van der Waals surface area contributed by atoms with Crippen LogP contribution in [0.1, 0.15) is 20.9 Å². The number of nitrogen functional groups attached to an aromatic ring is 1. The molecule has 0 aliphatic heterocycles. The topological polar surface area (TPSA) is 68.0 Å². The van der Waals surface area contributed by atoms with Gasteiger partial charge in [-0.05, 0) is 17.7 Å². The fourth-order valence-electron chi connectivity index (χ4n) is 1.59. The third-order valence-electron chi connectivity index (χ3n) is 2.56. The first-order valence-electron chi connectivity index (χ1n) is 5.74. The molecule has 0 atom stereocenters. The number of carbonyl (C=O) groups excluding carboxylic acids is 1. The van der Waals surface area contributed by atoms with Crippen LogP contribution in [0.25, 0.3) is 0 Å². The van der Waals surface area contributed by atoms with Crippen LogP contribution in [0.3, 0.4) is 0 Å². The van der Waals surface area contributed by atoms with Gasteiger partial charge in [-0.2, -0.15) is 13.2 Å². The third kappa shape index (κ3) is 3.50. The van der Waals surface area contributed by atoms with E-state index in [1.54, 1.807) is 0 Å². The van der Waals surface area contributed by atoms with Gasteiger partial charge in [-0.1, -0.05) is 17.4 Å². The van der Waals surface area contributed by atoms with Crippen LogP contribution in [-0.4, -0.2) is 10.9 Å². The van der Waals surface area contributed by atoms with Crippen LogP contribution in [0, 0.1) is 11.6 Å². The van der Waals surface area contributed by atoms with Crippen LogP contribution >= 0.6 is 11.3 Å². The Hall–Kier alpha value is -2.23. The summed E-state index contributed by atoms with van der Waals surface area (Å²) in [6.07, 6.45) is -4.82. The standard InChI is InChI=1S/C12H8F5N3OS/c13-6-2-1-5(3-7(6)14)4-19-10(21)8-9(12(15,16)17)20-11(18)22-8/h1-3H,4H2,(H2,18,20)(H,19,21). The number of anilines is 1. The maximum atomic E-state index is 13.0. The van der Waals surface area contributed by atoms with Gasteiger partial charge in [-0.15, -0.1) is 0 Å². The van der Waals surface area contributed by atoms with Crippen LogP contribution in [0.15, 0.2) is 18.2 Å². The first-order valence-corrected chi connectivity index (χ1v) is 6.55. The van der Waals surface area contributed by atoms with Crippen molar-refractivity contribution in [2.75, 3.05) is 5.73 Å². The van der Waals surface area contributed by atoms with Gasteiger partial charge < -0.3 is 11.1 Å². The zero-order valence-electron chi connectivity index (χ0n) is 10.7. The van der Waals surface area contributed by atoms with E-state index in [9.17, 15) is 26.7 Å². The molecule has 0 aliphatic rings. The molecule has 118 valence electrons. The number of carbonyl (C=O) groups is 1. The van der Waals surface area contributed by atoms with Crippen LogP contribution in [0.4, 0.5) is 27.1 Å². The number of nitrogens with zero attached hydrogens (tertiary/aromatic N) is 1. The Kier molecular flexibility index (Phi) is 4.31. The van der Waals surface area contributed by atoms with Gasteiger partial charge in [0, 0.05) is 6.54 Å². The molecule has 1 amide bonds. The number of rotatable bonds is 3. The molecule has 2 aromatic rings. The molecule has 4 nitrogen and oxygen atoms in total. The molecule has 22 heavy (non-hydrogen) atoms. The maximum absolute atomic E-state index is 13.0. The summed E-state index contributed by atoms with van der Waals surface area (Å²) >= 11 is 0.391. The molecule has 0 aliphatic carbocycles. The minimum atomic E-state index is -4.82. The van der Waals surface area contributed by atoms with E-state index in [4.69, 9.17) is 5.73 Å². The summed E-state index contributed by atoms with van der Waals surface area (Å²) in [5.74, 6) is -3.24. The normalized spacial score (nSPS) is 11.5. The molecular weight excluding hydrogens is 329 g/mol. The Morgan fingerprint density at radius 2 is 1.95 bits per heavy atom. The number of thiazole rings is 1. The second kappa shape index (κ2) is 5.87. The molecule has 0 saturated heterocycles. The zero-order chi connectivity index (χ0) is 16.5. The van der Waals surface area contributed by atoms with E-state index in [0.717, 1.165) is 12.1 Å². The van der Waals surface area contributed by atoms with Crippen LogP contribution in [0.2, 0.25) is 0 Å². The van der Waals surface area contributed by atoms with E-state index in [1.807, 2.05) is 0 Å². The van der Waals surface area contributed by atoms with Gasteiger partial charge in [0.2, 0.25) is 0 Å². The van der Waals surface area contributed by atoms with Crippen molar-refractivity contribution >= 4 is 22.4 Å². The minimum absolute atomic E-state index is 0.193. The smallest absolute Gasteiger partial charge is 0.375 e. The average Bonchev–Trinajstić information content (AvgIpc) is 2.82. The van der Waals surface area contributed by atoms with Gasteiger partial charge in [0.25, 0.3) is 5.91 Å². The number of amides is 1. The average molecular weight is 337 g/mol. The number of halogens is 5. The summed E-state index contributed by atoms with van der Waals surface area (Å²) < 4.78 is 63.8. The maximum Gasteiger partial charge on any atom is 0.435 e. The SMILES string of the molecule is Nc1nc(C(F)(F)F)c(C(=O)NCc2ccc(F)c(F)c2)s1. The van der Waals surface area contributed by atoms with Gasteiger partial charge in [-0.3, -0.25) is 4.79 Å². The van der Waals surface area contributed by atoms with E-state index in [0.29, 0.717) is 11.3 Å². The largest absolute Gasteiger partial charge is 0.435 e. The van der Waals surface area contributed by atoms with Crippen LogP contribution in [0.5, 0.6) is 0 Å². The number of aromatic nitrogens is 1. The molecule has 0 saturated carbocycles. The van der Waals surface area contributed by atoms with Crippen molar-refractivity contribution < 1.29 is 26.7 Å². The van der Waals surface area contributed by atoms with Crippen molar-refractivity contribution in [1.82, 2.24) is 10.3 Å². The van der Waals surface area contributed by atoms with Crippen molar-refractivity contribution in [3.05, 3.63) is 46.0 Å². The second-order valence-corrected chi connectivity index (χ2v) is 5.19. The van der Waals surface area contributed by atoms with Crippen molar-refractivity contribution in [1.29, 1.82) is 0 Å². The number of alkyl halides is 3. The molecular formula is C12H8F5N3OS. The molecule has 0 spiro atoms. The number of hydrogen-bond donors (Lipinski definition) is 2. The summed E-state index contributed by atoms with van der Waals surface area (Å²) in [7, 11) is 0. The van der Waals surface area contributed by atoms with Crippen LogP contribution in [-0.2, 0) is 12.7 Å². The Balaban J connectivity index is 2.14. The van der Waals surface area contributed by atoms with E-state index in [-0.39, 0.29) is 12.1 Å². The number of nitrogens with one attached hydrogen (secondary N) is 1. The highest BCUT2D eigenvalue weighted by Gasteiger charge is 2.39. The highest BCUT2D eigenvalue weighted by molar-refractivity contribution is 7.17. The van der Waals surface area contributed by atoms with Gasteiger partial charge >= 0.3 is 6.18 Å². The summed E-state index contributed by atoms with van der Waals surface area (Å²) in [6, 6.07) is 2.88. The lowest BCUT2D eigenvalue weighted by atomic mass is 10.2. The minimum Gasteiger partial charge on any atom is -0.375 e. The van der Waals surface area contributed by atoms with Crippen molar-refractivity contribution in [3.8, 4) is 0 Å². The lowest BCUT2D eigenvalue weighted by Gasteiger charge is -2.07. The number of hydrogen-bond acceptors (Lipinski definition) is 4. The summed E-state index contributed by atoms with van der Waals surface area (Å²) in [5.41, 5.74) is 4.01. The summed E-state index contributed by atoms with van der Waals surface area (Å²) in [4.78, 5) is 14.2. The molecule has 0 bridgehead atoms. The molecule has 0 unspecified atom stereocenters. The number of benzene rings is 1. The third-order valence-corrected chi connectivity index (χ3v) is 3.44. The fourth-order valence-corrected chi connectivity index (χ4v) is 2.36. The van der Waals surface area contributed by atoms with Gasteiger partial charge in [0.15, 0.2) is 22.5 Å². The Bertz CT molecular complexity index is 713. The van der Waals surface area contributed by atoms with Crippen molar-refractivity contribution in [3.63, 3.8) is 0 Å². The van der Waals surface area contributed by atoms with Gasteiger partial charge in [0.1, 0.15) is 4.88 Å². The molecule has 3 N–H and O–H groups in total. The summed E-state index contributed by atoms with van der Waals surface area (Å²) in [5, 5.41) is 1.78. The lowest BCUT2D eigenvalue weighted by Crippen LogP contribution is -2.24.